The maximum Gasteiger partial charge on any atom is 0.285 e. The molecular formula is C19H24N4O2S. The van der Waals surface area contributed by atoms with Gasteiger partial charge < -0.3 is 15.5 Å². The molecule has 0 unspecified atom stereocenters. The Labute approximate surface area is 155 Å². The van der Waals surface area contributed by atoms with Gasteiger partial charge in [-0.1, -0.05) is 35.9 Å². The second kappa shape index (κ2) is 7.37. The molecule has 26 heavy (non-hydrogen) atoms. The number of para-hydroxylation sites is 1. The van der Waals surface area contributed by atoms with Crippen molar-refractivity contribution < 1.29 is 8.42 Å². The van der Waals surface area contributed by atoms with E-state index in [4.69, 9.17) is 5.73 Å². The van der Waals surface area contributed by atoms with Crippen molar-refractivity contribution in [3.63, 3.8) is 0 Å². The molecule has 0 bridgehead atoms. The van der Waals surface area contributed by atoms with Gasteiger partial charge in [-0.15, -0.1) is 4.40 Å². The molecule has 1 saturated heterocycles. The van der Waals surface area contributed by atoms with Crippen LogP contribution in [0, 0.1) is 13.8 Å². The number of rotatable bonds is 3. The molecule has 0 radical (unpaired) electrons. The zero-order chi connectivity index (χ0) is 18.7. The van der Waals surface area contributed by atoms with Crippen LogP contribution in [0.2, 0.25) is 0 Å². The molecule has 0 spiro atoms. The highest BCUT2D eigenvalue weighted by atomic mass is 32.2. The molecule has 0 atom stereocenters. The topological polar surface area (TPSA) is 79.0 Å². The summed E-state index contributed by atoms with van der Waals surface area (Å²) in [4.78, 5) is 4.28. The van der Waals surface area contributed by atoms with Gasteiger partial charge in [0.25, 0.3) is 10.0 Å². The Balaban J connectivity index is 1.72. The average molecular weight is 372 g/mol. The van der Waals surface area contributed by atoms with Crippen LogP contribution in [0.3, 0.4) is 0 Å². The van der Waals surface area contributed by atoms with Crippen molar-refractivity contribution in [3.05, 3.63) is 59.7 Å². The smallest absolute Gasteiger partial charge is 0.285 e. The number of hydrogen-bond acceptors (Lipinski definition) is 3. The minimum Gasteiger partial charge on any atom is -0.369 e. The van der Waals surface area contributed by atoms with Crippen molar-refractivity contribution >= 4 is 21.7 Å². The van der Waals surface area contributed by atoms with Crippen LogP contribution >= 0.6 is 0 Å². The Hall–Kier alpha value is -2.54. The molecule has 0 aromatic heterocycles. The van der Waals surface area contributed by atoms with E-state index in [2.05, 4.69) is 21.4 Å². The zero-order valence-electron chi connectivity index (χ0n) is 15.1. The van der Waals surface area contributed by atoms with Gasteiger partial charge in [0.2, 0.25) is 5.96 Å². The summed E-state index contributed by atoms with van der Waals surface area (Å²) in [5.41, 5.74) is 8.86. The Kier molecular flexibility index (Phi) is 5.18. The molecule has 2 aromatic rings. The number of nitrogens with zero attached hydrogens (tertiary/aromatic N) is 3. The molecule has 0 saturated carbocycles. The zero-order valence-corrected chi connectivity index (χ0v) is 15.9. The Morgan fingerprint density at radius 2 is 1.65 bits per heavy atom. The minimum absolute atomic E-state index is 0.0534. The summed E-state index contributed by atoms with van der Waals surface area (Å²) in [7, 11) is -3.81. The lowest BCUT2D eigenvalue weighted by atomic mass is 10.2. The van der Waals surface area contributed by atoms with Crippen molar-refractivity contribution in [3.8, 4) is 0 Å². The SMILES string of the molecule is Cc1ccc(S(=O)(=O)/N=C(\N)N2CCN(c3ccccc3)CC2)c(C)c1. The van der Waals surface area contributed by atoms with Crippen LogP contribution in [0.15, 0.2) is 57.8 Å². The predicted octanol–water partition coefficient (Wildman–Crippen LogP) is 2.13. The monoisotopic (exact) mass is 372 g/mol. The van der Waals surface area contributed by atoms with E-state index >= 15 is 0 Å². The van der Waals surface area contributed by atoms with Gasteiger partial charge in [-0.25, -0.2) is 0 Å². The van der Waals surface area contributed by atoms with Crippen LogP contribution in [0.4, 0.5) is 5.69 Å². The van der Waals surface area contributed by atoms with E-state index in [0.717, 1.165) is 24.3 Å². The largest absolute Gasteiger partial charge is 0.369 e. The molecule has 7 heteroatoms. The Morgan fingerprint density at radius 3 is 2.27 bits per heavy atom. The molecule has 138 valence electrons. The van der Waals surface area contributed by atoms with Gasteiger partial charge in [0, 0.05) is 31.9 Å². The molecular weight excluding hydrogens is 348 g/mol. The maximum atomic E-state index is 12.6. The Bertz CT molecular complexity index is 902. The van der Waals surface area contributed by atoms with E-state index in [0.29, 0.717) is 18.7 Å². The first-order valence-electron chi connectivity index (χ1n) is 8.59. The average Bonchev–Trinajstić information content (AvgIpc) is 2.62. The minimum atomic E-state index is -3.81. The highest BCUT2D eigenvalue weighted by Crippen LogP contribution is 2.20. The second-order valence-electron chi connectivity index (χ2n) is 6.50. The van der Waals surface area contributed by atoms with Gasteiger partial charge >= 0.3 is 0 Å². The summed E-state index contributed by atoms with van der Waals surface area (Å²) in [5, 5.41) is 0. The third-order valence-electron chi connectivity index (χ3n) is 4.55. The lowest BCUT2D eigenvalue weighted by Crippen LogP contribution is -2.51. The molecule has 1 aliphatic rings. The predicted molar refractivity (Wildman–Crippen MR) is 105 cm³/mol. The number of benzene rings is 2. The van der Waals surface area contributed by atoms with E-state index < -0.39 is 10.0 Å². The van der Waals surface area contributed by atoms with Crippen molar-refractivity contribution in [2.75, 3.05) is 31.1 Å². The third kappa shape index (κ3) is 3.99. The van der Waals surface area contributed by atoms with Crippen molar-refractivity contribution in [1.82, 2.24) is 4.90 Å². The molecule has 1 heterocycles. The summed E-state index contributed by atoms with van der Waals surface area (Å²) in [6, 6.07) is 15.3. The molecule has 0 aliphatic carbocycles. The fraction of sp³-hybridized carbons (Fsp3) is 0.316. The van der Waals surface area contributed by atoms with Crippen LogP contribution in [-0.4, -0.2) is 45.5 Å². The van der Waals surface area contributed by atoms with Crippen LogP contribution in [-0.2, 0) is 10.0 Å². The summed E-state index contributed by atoms with van der Waals surface area (Å²) in [6.07, 6.45) is 0. The normalized spacial score (nSPS) is 16.0. The molecule has 3 rings (SSSR count). The van der Waals surface area contributed by atoms with Crippen LogP contribution in [0.25, 0.3) is 0 Å². The van der Waals surface area contributed by atoms with Crippen molar-refractivity contribution in [2.45, 2.75) is 18.7 Å². The lowest BCUT2D eigenvalue weighted by Gasteiger charge is -2.36. The lowest BCUT2D eigenvalue weighted by molar-refractivity contribution is 0.382. The van der Waals surface area contributed by atoms with Gasteiger partial charge in [-0.05, 0) is 37.6 Å². The maximum absolute atomic E-state index is 12.6. The van der Waals surface area contributed by atoms with Gasteiger partial charge in [0.05, 0.1) is 4.90 Å². The highest BCUT2D eigenvalue weighted by molar-refractivity contribution is 7.90. The molecule has 1 aliphatic heterocycles. The third-order valence-corrected chi connectivity index (χ3v) is 5.99. The number of aryl methyl sites for hydroxylation is 2. The highest BCUT2D eigenvalue weighted by Gasteiger charge is 2.22. The fourth-order valence-electron chi connectivity index (χ4n) is 3.15. The second-order valence-corrected chi connectivity index (χ2v) is 8.08. The summed E-state index contributed by atoms with van der Waals surface area (Å²) in [6.45, 7) is 6.49. The van der Waals surface area contributed by atoms with Crippen LogP contribution in [0.5, 0.6) is 0 Å². The quantitative estimate of drug-likeness (QED) is 0.660. The van der Waals surface area contributed by atoms with Gasteiger partial charge in [-0.2, -0.15) is 8.42 Å². The molecule has 2 N–H and O–H groups in total. The van der Waals surface area contributed by atoms with Gasteiger partial charge in [0.15, 0.2) is 0 Å². The first kappa shape index (κ1) is 18.3. The molecule has 6 nitrogen and oxygen atoms in total. The number of hydrogen-bond donors (Lipinski definition) is 1. The van der Waals surface area contributed by atoms with Crippen LogP contribution < -0.4 is 10.6 Å². The van der Waals surface area contributed by atoms with Crippen molar-refractivity contribution in [2.24, 2.45) is 10.1 Å². The van der Waals surface area contributed by atoms with Gasteiger partial charge in [-0.3, -0.25) is 0 Å². The van der Waals surface area contributed by atoms with E-state index in [1.165, 1.54) is 0 Å². The number of piperazine rings is 1. The number of anilines is 1. The van der Waals surface area contributed by atoms with Crippen LogP contribution in [0.1, 0.15) is 11.1 Å². The van der Waals surface area contributed by atoms with E-state index in [1.807, 2.05) is 36.1 Å². The first-order chi connectivity index (χ1) is 12.4. The number of sulfonamides is 1. The van der Waals surface area contributed by atoms with E-state index in [-0.39, 0.29) is 10.9 Å². The van der Waals surface area contributed by atoms with E-state index in [9.17, 15) is 8.42 Å². The summed E-state index contributed by atoms with van der Waals surface area (Å²) in [5.74, 6) is 0.0534. The standard InChI is InChI=1S/C19H24N4O2S/c1-15-8-9-18(16(2)14-15)26(24,25)21-19(20)23-12-10-22(11-13-23)17-6-4-3-5-7-17/h3-9,14H,10-13H2,1-2H3,(H2,20,21). The Morgan fingerprint density at radius 1 is 1.00 bits per heavy atom. The first-order valence-corrected chi connectivity index (χ1v) is 10.0. The molecule has 1 fully saturated rings. The van der Waals surface area contributed by atoms with Crippen molar-refractivity contribution in [1.29, 1.82) is 0 Å². The van der Waals surface area contributed by atoms with Gasteiger partial charge in [0.1, 0.15) is 0 Å². The number of nitrogens with two attached hydrogens (primary N) is 1. The fourth-order valence-corrected chi connectivity index (χ4v) is 4.32. The molecule has 0 amide bonds. The summed E-state index contributed by atoms with van der Waals surface area (Å²) >= 11 is 0. The van der Waals surface area contributed by atoms with E-state index in [1.54, 1.807) is 19.1 Å². The summed E-state index contributed by atoms with van der Waals surface area (Å²) < 4.78 is 29.1. The number of guanidine groups is 1. The molecule has 2 aromatic carbocycles.